The first-order valence-corrected chi connectivity index (χ1v) is 12.8. The minimum Gasteiger partial charge on any atom is -0.417 e. The van der Waals surface area contributed by atoms with Crippen LogP contribution >= 0.6 is 0 Å². The van der Waals surface area contributed by atoms with E-state index in [9.17, 15) is 41.9 Å². The van der Waals surface area contributed by atoms with Gasteiger partial charge in [0.15, 0.2) is 11.3 Å². The number of sulfonamides is 1. The molecule has 16 heteroatoms. The highest BCUT2D eigenvalue weighted by molar-refractivity contribution is 7.92. The Bertz CT molecular complexity index is 1850. The van der Waals surface area contributed by atoms with Crippen LogP contribution < -0.4 is 14.5 Å². The Morgan fingerprint density at radius 2 is 1.35 bits per heavy atom. The van der Waals surface area contributed by atoms with Gasteiger partial charge in [-0.1, -0.05) is 24.3 Å². The third kappa shape index (κ3) is 5.24. The maximum atomic E-state index is 12.7. The van der Waals surface area contributed by atoms with Gasteiger partial charge in [0.2, 0.25) is 0 Å². The second kappa shape index (κ2) is 9.32. The minimum absolute atomic E-state index is 0.0584. The van der Waals surface area contributed by atoms with E-state index in [-0.39, 0.29) is 11.0 Å². The Morgan fingerprint density at radius 3 is 1.97 bits per heavy atom. The number of rotatable bonds is 8. The quantitative estimate of drug-likeness (QED) is 0.147. The molecule has 1 N–H and O–H groups in total. The molecule has 4 rings (SSSR count). The van der Waals surface area contributed by atoms with Gasteiger partial charge < -0.3 is 8.60 Å². The van der Waals surface area contributed by atoms with Gasteiger partial charge in [0.25, 0.3) is 21.4 Å². The molecule has 0 aliphatic carbocycles. The average molecular weight is 547 g/mol. The van der Waals surface area contributed by atoms with Gasteiger partial charge in [0, 0.05) is 29.7 Å². The van der Waals surface area contributed by atoms with Crippen LogP contribution in [-0.2, 0) is 20.1 Å². The number of non-ortho nitro benzene ring substituents is 2. The topological polar surface area (TPSA) is 206 Å². The van der Waals surface area contributed by atoms with Gasteiger partial charge in [0.1, 0.15) is 10.6 Å². The zero-order valence-corrected chi connectivity index (χ0v) is 19.8. The number of nitrogens with one attached hydrogen (secondary N) is 1. The van der Waals surface area contributed by atoms with Crippen LogP contribution in [0, 0.1) is 20.2 Å². The molecule has 0 spiro atoms. The summed E-state index contributed by atoms with van der Waals surface area (Å²) in [6.45, 7) is 0. The molecular weight excluding hydrogens is 534 g/mol. The molecule has 14 nitrogen and oxygen atoms in total. The van der Waals surface area contributed by atoms with Crippen molar-refractivity contribution in [2.75, 3.05) is 4.72 Å². The van der Waals surface area contributed by atoms with E-state index in [1.807, 2.05) is 4.72 Å². The van der Waals surface area contributed by atoms with Crippen molar-refractivity contribution in [1.29, 1.82) is 0 Å². The molecule has 1 heterocycles. The molecule has 0 saturated heterocycles. The number of nitrogens with zero attached hydrogens (tertiary/aromatic N) is 2. The highest BCUT2D eigenvalue weighted by Crippen LogP contribution is 2.30. The molecule has 0 atom stereocenters. The lowest BCUT2D eigenvalue weighted by Crippen LogP contribution is -2.18. The predicted octanol–water partition coefficient (Wildman–Crippen LogP) is 3.18. The number of benzene rings is 3. The number of fused-ring (bicyclic) bond motifs is 1. The van der Waals surface area contributed by atoms with Crippen molar-refractivity contribution in [2.24, 2.45) is 0 Å². The standard InChI is InChI=1S/C21H13N3O11S2/c25-21-18(22-36(30,31)16-7-2-5-14(11-16)23(26)27)10-13-4-1-9-19(20(13)34-21)35-37(32,33)17-8-3-6-15(12-17)24(28)29/h1-12,22H. The summed E-state index contributed by atoms with van der Waals surface area (Å²) in [7, 11) is -9.04. The smallest absolute Gasteiger partial charge is 0.360 e. The van der Waals surface area contributed by atoms with Crippen LogP contribution in [0.3, 0.4) is 0 Å². The molecule has 1 aromatic heterocycles. The third-order valence-corrected chi connectivity index (χ3v) is 7.42. The van der Waals surface area contributed by atoms with E-state index in [4.69, 9.17) is 8.60 Å². The molecule has 0 aliphatic rings. The first-order valence-electron chi connectivity index (χ1n) is 9.90. The fourth-order valence-corrected chi connectivity index (χ4v) is 5.20. The van der Waals surface area contributed by atoms with Crippen LogP contribution in [0.2, 0.25) is 0 Å². The normalized spacial score (nSPS) is 11.7. The molecule has 3 aromatic carbocycles. The lowest BCUT2D eigenvalue weighted by atomic mass is 10.2. The number of anilines is 1. The van der Waals surface area contributed by atoms with Crippen molar-refractivity contribution >= 4 is 48.2 Å². The van der Waals surface area contributed by atoms with Crippen molar-refractivity contribution in [3.63, 3.8) is 0 Å². The van der Waals surface area contributed by atoms with E-state index in [0.717, 1.165) is 60.7 Å². The lowest BCUT2D eigenvalue weighted by molar-refractivity contribution is -0.385. The van der Waals surface area contributed by atoms with E-state index in [0.29, 0.717) is 0 Å². The van der Waals surface area contributed by atoms with Crippen molar-refractivity contribution in [2.45, 2.75) is 9.79 Å². The van der Waals surface area contributed by atoms with Crippen molar-refractivity contribution in [3.8, 4) is 5.75 Å². The van der Waals surface area contributed by atoms with Gasteiger partial charge in [-0.15, -0.1) is 0 Å². The highest BCUT2D eigenvalue weighted by Gasteiger charge is 2.24. The molecule has 190 valence electrons. The molecule has 0 radical (unpaired) electrons. The Kier molecular flexibility index (Phi) is 6.37. The van der Waals surface area contributed by atoms with Crippen molar-refractivity contribution < 1.29 is 35.3 Å². The molecule has 0 amide bonds. The molecule has 0 aliphatic heterocycles. The van der Waals surface area contributed by atoms with Gasteiger partial charge in [-0.2, -0.15) is 8.42 Å². The fraction of sp³-hybridized carbons (Fsp3) is 0. The van der Waals surface area contributed by atoms with Crippen molar-refractivity contribution in [3.05, 3.63) is 103 Å². The van der Waals surface area contributed by atoms with Crippen LogP contribution in [0.5, 0.6) is 5.75 Å². The molecule has 0 fully saturated rings. The number of hydrogen-bond acceptors (Lipinski definition) is 11. The summed E-state index contributed by atoms with van der Waals surface area (Å²) in [5.41, 5.74) is -3.10. The second-order valence-electron chi connectivity index (χ2n) is 7.27. The van der Waals surface area contributed by atoms with Gasteiger partial charge in [0.05, 0.1) is 14.7 Å². The maximum absolute atomic E-state index is 12.7. The molecule has 0 saturated carbocycles. The zero-order valence-electron chi connectivity index (χ0n) is 18.1. The largest absolute Gasteiger partial charge is 0.417 e. The van der Waals surface area contributed by atoms with E-state index in [1.54, 1.807) is 0 Å². The summed E-state index contributed by atoms with van der Waals surface area (Å²) in [4.78, 5) is 31.9. The number of hydrogen-bond donors (Lipinski definition) is 1. The first kappa shape index (κ1) is 25.3. The Labute approximate surface area is 207 Å². The summed E-state index contributed by atoms with van der Waals surface area (Å²) in [5.74, 6) is -0.436. The Balaban J connectivity index is 1.70. The van der Waals surface area contributed by atoms with Crippen LogP contribution in [-0.4, -0.2) is 26.7 Å². The molecule has 4 aromatic rings. The molecule has 0 unspecified atom stereocenters. The lowest BCUT2D eigenvalue weighted by Gasteiger charge is -2.10. The number of nitro groups is 2. The van der Waals surface area contributed by atoms with Crippen LogP contribution in [0.25, 0.3) is 11.0 Å². The monoisotopic (exact) mass is 547 g/mol. The van der Waals surface area contributed by atoms with E-state index in [1.165, 1.54) is 12.1 Å². The third-order valence-electron chi connectivity index (χ3n) is 4.82. The number of nitro benzene ring substituents is 2. The van der Waals surface area contributed by atoms with Crippen LogP contribution in [0.4, 0.5) is 17.1 Å². The summed E-state index contributed by atoms with van der Waals surface area (Å²) >= 11 is 0. The summed E-state index contributed by atoms with van der Waals surface area (Å²) in [5, 5.41) is 22.0. The van der Waals surface area contributed by atoms with E-state index < -0.39 is 68.2 Å². The van der Waals surface area contributed by atoms with Gasteiger partial charge in [-0.3, -0.25) is 25.0 Å². The maximum Gasteiger partial charge on any atom is 0.360 e. The van der Waals surface area contributed by atoms with Crippen LogP contribution in [0.1, 0.15) is 0 Å². The molecule has 0 bridgehead atoms. The molecule has 37 heavy (non-hydrogen) atoms. The number of para-hydroxylation sites is 1. The minimum atomic E-state index is -4.59. The van der Waals surface area contributed by atoms with Gasteiger partial charge in [-0.05, 0) is 24.3 Å². The average Bonchev–Trinajstić information content (AvgIpc) is 2.85. The Hall–Kier alpha value is -4.83. The highest BCUT2D eigenvalue weighted by atomic mass is 32.2. The predicted molar refractivity (Wildman–Crippen MR) is 127 cm³/mol. The van der Waals surface area contributed by atoms with E-state index >= 15 is 0 Å². The van der Waals surface area contributed by atoms with Crippen LogP contribution in [0.15, 0.2) is 91.8 Å². The first-order chi connectivity index (χ1) is 17.4. The second-order valence-corrected chi connectivity index (χ2v) is 10.5. The summed E-state index contributed by atoms with van der Waals surface area (Å²) in [6, 6.07) is 13.2. The van der Waals surface area contributed by atoms with Gasteiger partial charge in [-0.25, -0.2) is 13.2 Å². The molecular formula is C21H13N3O11S2. The zero-order chi connectivity index (χ0) is 27.0. The van der Waals surface area contributed by atoms with E-state index in [2.05, 4.69) is 0 Å². The van der Waals surface area contributed by atoms with Gasteiger partial charge >= 0.3 is 15.7 Å². The van der Waals surface area contributed by atoms with Crippen molar-refractivity contribution in [1.82, 2.24) is 0 Å². The summed E-state index contributed by atoms with van der Waals surface area (Å²) in [6.07, 6.45) is 0. The summed E-state index contributed by atoms with van der Waals surface area (Å²) < 4.78 is 62.9. The Morgan fingerprint density at radius 1 is 0.784 bits per heavy atom. The SMILES string of the molecule is O=c1oc2c(OS(=O)(=O)c3cccc([N+](=O)[O-])c3)cccc2cc1NS(=O)(=O)c1cccc([N+](=O)[O-])c1. The fourth-order valence-electron chi connectivity index (χ4n) is 3.14.